The second-order valence-corrected chi connectivity index (χ2v) is 3.95. The minimum atomic E-state index is 0.575. The summed E-state index contributed by atoms with van der Waals surface area (Å²) in [6.07, 6.45) is 5.85. The highest BCUT2D eigenvalue weighted by Gasteiger charge is 2.01. The molecule has 0 bridgehead atoms. The van der Waals surface area contributed by atoms with E-state index in [-0.39, 0.29) is 0 Å². The fourth-order valence-electron chi connectivity index (χ4n) is 1.58. The molecule has 0 saturated carbocycles. The number of hydrogen-bond acceptors (Lipinski definition) is 2. The van der Waals surface area contributed by atoms with Crippen LogP contribution < -0.4 is 0 Å². The van der Waals surface area contributed by atoms with Crippen LogP contribution in [0.3, 0.4) is 0 Å². The van der Waals surface area contributed by atoms with Gasteiger partial charge in [-0.3, -0.25) is 4.79 Å². The van der Waals surface area contributed by atoms with Gasteiger partial charge in [0.05, 0.1) is 18.4 Å². The monoisotopic (exact) mass is 232 g/mol. The molecule has 1 rings (SSSR count). The number of allylic oxidation sites excluding steroid dienone is 1. The molecule has 0 aliphatic heterocycles. The van der Waals surface area contributed by atoms with E-state index >= 15 is 0 Å². The largest absolute Gasteiger partial charge is 0.501 e. The van der Waals surface area contributed by atoms with Crippen molar-refractivity contribution in [2.45, 2.75) is 33.1 Å². The van der Waals surface area contributed by atoms with Gasteiger partial charge in [0.2, 0.25) is 0 Å². The van der Waals surface area contributed by atoms with Crippen LogP contribution in [0.1, 0.15) is 37.8 Å². The zero-order valence-corrected chi connectivity index (χ0v) is 10.6. The minimum absolute atomic E-state index is 0.575. The maximum absolute atomic E-state index is 10.9. The average molecular weight is 232 g/mol. The van der Waals surface area contributed by atoms with Crippen LogP contribution in [0.2, 0.25) is 0 Å². The Bertz CT molecular complexity index is 363. The highest BCUT2D eigenvalue weighted by Crippen LogP contribution is 2.14. The number of benzene rings is 1. The molecule has 0 fully saturated rings. The predicted octanol–water partition coefficient (Wildman–Crippen LogP) is 3.61. The molecule has 2 heteroatoms. The van der Waals surface area contributed by atoms with Gasteiger partial charge in [-0.15, -0.1) is 0 Å². The third-order valence-electron chi connectivity index (χ3n) is 2.61. The van der Waals surface area contributed by atoms with Gasteiger partial charge in [0.15, 0.2) is 6.29 Å². The first kappa shape index (κ1) is 13.5. The Kier molecular flexibility index (Phi) is 6.08. The number of hydrogen-bond donors (Lipinski definition) is 0. The van der Waals surface area contributed by atoms with E-state index in [1.165, 1.54) is 24.7 Å². The van der Waals surface area contributed by atoms with Crippen molar-refractivity contribution in [3.8, 4) is 0 Å². The summed E-state index contributed by atoms with van der Waals surface area (Å²) >= 11 is 0. The molecule has 1 aromatic rings. The lowest BCUT2D eigenvalue weighted by molar-refractivity contribution is -0.103. The second-order valence-electron chi connectivity index (χ2n) is 3.95. The number of aldehydes is 1. The minimum Gasteiger partial charge on any atom is -0.501 e. The van der Waals surface area contributed by atoms with Crippen LogP contribution in [0, 0.1) is 0 Å². The standard InChI is InChI=1S/C15H20O2/c1-3-5-6-13-7-9-14(10-8-13)15(11-16)12-17-4-2/h7-12H,3-6H2,1-2H3/b15-12-. The molecule has 2 nitrogen and oxygen atoms in total. The Labute approximate surface area is 103 Å². The van der Waals surface area contributed by atoms with E-state index in [0.717, 1.165) is 18.3 Å². The third-order valence-corrected chi connectivity index (χ3v) is 2.61. The summed E-state index contributed by atoms with van der Waals surface area (Å²) in [7, 11) is 0. The number of carbonyl (C=O) groups is 1. The van der Waals surface area contributed by atoms with Crippen molar-refractivity contribution in [3.63, 3.8) is 0 Å². The third kappa shape index (κ3) is 4.43. The van der Waals surface area contributed by atoms with Gasteiger partial charge >= 0.3 is 0 Å². The topological polar surface area (TPSA) is 26.3 Å². The average Bonchev–Trinajstić information content (AvgIpc) is 2.38. The molecule has 0 spiro atoms. The Morgan fingerprint density at radius 3 is 2.47 bits per heavy atom. The van der Waals surface area contributed by atoms with Crippen molar-refractivity contribution in [1.82, 2.24) is 0 Å². The summed E-state index contributed by atoms with van der Waals surface area (Å²) in [6, 6.07) is 8.11. The molecule has 0 unspecified atom stereocenters. The van der Waals surface area contributed by atoms with E-state index in [0.29, 0.717) is 12.2 Å². The summed E-state index contributed by atoms with van der Waals surface area (Å²) < 4.78 is 5.14. The molecule has 1 aromatic carbocycles. The van der Waals surface area contributed by atoms with E-state index in [2.05, 4.69) is 19.1 Å². The van der Waals surface area contributed by atoms with E-state index < -0.39 is 0 Å². The molecule has 0 heterocycles. The molecule has 17 heavy (non-hydrogen) atoms. The van der Waals surface area contributed by atoms with E-state index in [4.69, 9.17) is 4.74 Å². The summed E-state index contributed by atoms with van der Waals surface area (Å²) in [5.74, 6) is 0. The molecule has 92 valence electrons. The molecular formula is C15H20O2. The Morgan fingerprint density at radius 1 is 1.24 bits per heavy atom. The Hall–Kier alpha value is -1.57. The predicted molar refractivity (Wildman–Crippen MR) is 70.7 cm³/mol. The highest BCUT2D eigenvalue weighted by molar-refractivity contribution is 6.06. The fraction of sp³-hybridized carbons (Fsp3) is 0.400. The number of carbonyl (C=O) groups excluding carboxylic acids is 1. The molecule has 0 radical (unpaired) electrons. The number of aryl methyl sites for hydroxylation is 1. The van der Waals surface area contributed by atoms with Crippen LogP contribution in [-0.2, 0) is 16.0 Å². The number of ether oxygens (including phenoxy) is 1. The number of rotatable bonds is 7. The van der Waals surface area contributed by atoms with Crippen molar-refractivity contribution in [1.29, 1.82) is 0 Å². The zero-order chi connectivity index (χ0) is 12.5. The van der Waals surface area contributed by atoms with Gasteiger partial charge in [-0.1, -0.05) is 37.6 Å². The van der Waals surface area contributed by atoms with Crippen LogP contribution in [0.4, 0.5) is 0 Å². The van der Waals surface area contributed by atoms with Gasteiger partial charge in [0, 0.05) is 0 Å². The van der Waals surface area contributed by atoms with Crippen molar-refractivity contribution in [2.24, 2.45) is 0 Å². The van der Waals surface area contributed by atoms with Crippen LogP contribution in [0.5, 0.6) is 0 Å². The van der Waals surface area contributed by atoms with Gasteiger partial charge in [-0.25, -0.2) is 0 Å². The van der Waals surface area contributed by atoms with Gasteiger partial charge < -0.3 is 4.74 Å². The molecule has 0 aliphatic carbocycles. The van der Waals surface area contributed by atoms with Crippen LogP contribution in [0.25, 0.3) is 5.57 Å². The summed E-state index contributed by atoms with van der Waals surface area (Å²) in [6.45, 7) is 4.66. The normalized spacial score (nSPS) is 11.3. The van der Waals surface area contributed by atoms with Crippen molar-refractivity contribution in [2.75, 3.05) is 6.61 Å². The van der Waals surface area contributed by atoms with Crippen LogP contribution >= 0.6 is 0 Å². The Balaban J connectivity index is 2.74. The van der Waals surface area contributed by atoms with Crippen LogP contribution in [0.15, 0.2) is 30.5 Å². The van der Waals surface area contributed by atoms with Crippen molar-refractivity contribution in [3.05, 3.63) is 41.7 Å². The SMILES string of the molecule is CCCCc1ccc(/C(C=O)=C\OCC)cc1. The maximum Gasteiger partial charge on any atom is 0.153 e. The first-order valence-electron chi connectivity index (χ1n) is 6.18. The van der Waals surface area contributed by atoms with E-state index in [1.807, 2.05) is 19.1 Å². The zero-order valence-electron chi connectivity index (χ0n) is 10.6. The number of unbranched alkanes of at least 4 members (excludes halogenated alkanes) is 1. The second kappa shape index (κ2) is 7.66. The molecule has 0 atom stereocenters. The molecule has 0 N–H and O–H groups in total. The van der Waals surface area contributed by atoms with Gasteiger partial charge in [-0.2, -0.15) is 0 Å². The highest BCUT2D eigenvalue weighted by atomic mass is 16.5. The lowest BCUT2D eigenvalue weighted by Gasteiger charge is -2.04. The van der Waals surface area contributed by atoms with E-state index in [9.17, 15) is 4.79 Å². The van der Waals surface area contributed by atoms with Crippen molar-refractivity contribution >= 4 is 11.9 Å². The summed E-state index contributed by atoms with van der Waals surface area (Å²) in [5, 5.41) is 0. The quantitative estimate of drug-likeness (QED) is 0.408. The molecule has 0 amide bonds. The fourth-order valence-corrected chi connectivity index (χ4v) is 1.58. The smallest absolute Gasteiger partial charge is 0.153 e. The van der Waals surface area contributed by atoms with Gasteiger partial charge in [0.25, 0.3) is 0 Å². The maximum atomic E-state index is 10.9. The summed E-state index contributed by atoms with van der Waals surface area (Å²) in [5.41, 5.74) is 2.82. The van der Waals surface area contributed by atoms with Crippen LogP contribution in [-0.4, -0.2) is 12.9 Å². The molecule has 0 aromatic heterocycles. The van der Waals surface area contributed by atoms with Gasteiger partial charge in [-0.05, 0) is 30.9 Å². The molecule has 0 saturated heterocycles. The lowest BCUT2D eigenvalue weighted by atomic mass is 10.0. The Morgan fingerprint density at radius 2 is 1.94 bits per heavy atom. The van der Waals surface area contributed by atoms with E-state index in [1.54, 1.807) is 0 Å². The first-order chi connectivity index (χ1) is 8.31. The van der Waals surface area contributed by atoms with Crippen molar-refractivity contribution < 1.29 is 9.53 Å². The first-order valence-corrected chi connectivity index (χ1v) is 6.18. The summed E-state index contributed by atoms with van der Waals surface area (Å²) in [4.78, 5) is 10.9. The molecular weight excluding hydrogens is 212 g/mol. The lowest BCUT2D eigenvalue weighted by Crippen LogP contribution is -1.90. The molecule has 0 aliphatic rings. The van der Waals surface area contributed by atoms with Gasteiger partial charge in [0.1, 0.15) is 0 Å².